The molecule has 2 N–H and O–H groups in total. The zero-order valence-corrected chi connectivity index (χ0v) is 17.7. The Morgan fingerprint density at radius 3 is 2.65 bits per heavy atom. The van der Waals surface area contributed by atoms with Crippen molar-refractivity contribution in [3.05, 3.63) is 54.4 Å². The maximum absolute atomic E-state index is 11.7. The minimum absolute atomic E-state index is 0.240. The second kappa shape index (κ2) is 9.78. The number of nitrogens with zero attached hydrogens (tertiary/aromatic N) is 3. The number of amides is 1. The van der Waals surface area contributed by atoms with Crippen LogP contribution in [0.1, 0.15) is 31.2 Å². The molecule has 0 atom stereocenters. The Balaban J connectivity index is 1.44. The lowest BCUT2D eigenvalue weighted by Crippen LogP contribution is -2.32. The fraction of sp³-hybridized carbons (Fsp3) is 0.391. The number of hydrogen-bond donors (Lipinski definition) is 2. The molecule has 3 aromatic rings. The molecule has 1 amide bonds. The highest BCUT2D eigenvalue weighted by atomic mass is 19.3. The maximum atomic E-state index is 11.7. The molecule has 1 aromatic carbocycles. The number of fused-ring (bicyclic) bond motifs is 1. The average molecular weight is 426 g/mol. The van der Waals surface area contributed by atoms with Crippen LogP contribution in [0.25, 0.3) is 16.6 Å². The Morgan fingerprint density at radius 1 is 1.16 bits per heavy atom. The summed E-state index contributed by atoms with van der Waals surface area (Å²) in [6, 6.07) is 12.9. The number of carbonyl (C=O) groups is 1. The number of rotatable bonds is 7. The van der Waals surface area contributed by atoms with Gasteiger partial charge in [0.1, 0.15) is 0 Å². The van der Waals surface area contributed by atoms with Crippen LogP contribution in [0.4, 0.5) is 15.0 Å². The van der Waals surface area contributed by atoms with Gasteiger partial charge in [-0.05, 0) is 61.7 Å². The normalized spacial score (nSPS) is 15.2. The standard InChI is InChI=1S/C23H28FN5O2/c1-2-28-13-8-19(9-14-28)17-3-5-18(6-4-17)20-15-22-21(7-10-27-29(22)16-20)25-11-12-26-23(30)31-24/h3-7,10,15-16,19,25H,2,8-9,11-14H2,1H3,(H,26,30). The number of piperidine rings is 1. The third-order valence-corrected chi connectivity index (χ3v) is 6.04. The fourth-order valence-corrected chi connectivity index (χ4v) is 4.24. The van der Waals surface area contributed by atoms with Crippen LogP contribution in [-0.2, 0) is 4.94 Å². The van der Waals surface area contributed by atoms with E-state index in [0.717, 1.165) is 28.9 Å². The number of halogens is 1. The summed E-state index contributed by atoms with van der Waals surface area (Å²) < 4.78 is 13.6. The third-order valence-electron chi connectivity index (χ3n) is 6.04. The van der Waals surface area contributed by atoms with Crippen LogP contribution in [-0.4, -0.2) is 53.3 Å². The van der Waals surface area contributed by atoms with Crippen LogP contribution in [0.5, 0.6) is 0 Å². The number of nitrogens with one attached hydrogen (secondary N) is 2. The van der Waals surface area contributed by atoms with Gasteiger partial charge in [0.2, 0.25) is 0 Å². The molecular formula is C23H28FN5O2. The Labute approximate surface area is 181 Å². The van der Waals surface area contributed by atoms with Gasteiger partial charge in [-0.25, -0.2) is 14.3 Å². The summed E-state index contributed by atoms with van der Waals surface area (Å²) in [5, 5.41) is 9.93. The molecule has 1 saturated heterocycles. The van der Waals surface area contributed by atoms with Gasteiger partial charge >= 0.3 is 6.09 Å². The average Bonchev–Trinajstić information content (AvgIpc) is 3.27. The van der Waals surface area contributed by atoms with E-state index in [2.05, 4.69) is 62.8 Å². The summed E-state index contributed by atoms with van der Waals surface area (Å²) in [6.07, 6.45) is 5.08. The molecule has 0 saturated carbocycles. The van der Waals surface area contributed by atoms with Gasteiger partial charge in [-0.2, -0.15) is 5.10 Å². The molecule has 8 heteroatoms. The molecule has 0 unspecified atom stereocenters. The molecule has 2 aromatic heterocycles. The molecule has 164 valence electrons. The van der Waals surface area contributed by atoms with Gasteiger partial charge < -0.3 is 15.5 Å². The van der Waals surface area contributed by atoms with Crippen molar-refractivity contribution in [3.8, 4) is 11.1 Å². The molecule has 0 spiro atoms. The first-order valence-corrected chi connectivity index (χ1v) is 10.8. The van der Waals surface area contributed by atoms with E-state index in [1.54, 1.807) is 6.20 Å². The van der Waals surface area contributed by atoms with E-state index in [1.807, 2.05) is 16.8 Å². The van der Waals surface area contributed by atoms with Crippen molar-refractivity contribution in [2.45, 2.75) is 25.7 Å². The SMILES string of the molecule is CCN1CCC(c2ccc(-c3cc4c(NCCNC(=O)OF)ccnn4c3)cc2)CC1. The van der Waals surface area contributed by atoms with Crippen molar-refractivity contribution in [3.63, 3.8) is 0 Å². The molecule has 7 nitrogen and oxygen atoms in total. The number of carbonyl (C=O) groups excluding carboxylic acids is 1. The molecule has 1 fully saturated rings. The Hall–Kier alpha value is -3.13. The summed E-state index contributed by atoms with van der Waals surface area (Å²) >= 11 is 0. The minimum Gasteiger partial charge on any atom is -0.381 e. The van der Waals surface area contributed by atoms with Crippen LogP contribution in [0.2, 0.25) is 0 Å². The molecule has 4 rings (SSSR count). The van der Waals surface area contributed by atoms with Gasteiger partial charge in [0, 0.05) is 35.6 Å². The van der Waals surface area contributed by atoms with E-state index in [9.17, 15) is 9.32 Å². The van der Waals surface area contributed by atoms with Crippen molar-refractivity contribution in [2.75, 3.05) is 38.0 Å². The zero-order chi connectivity index (χ0) is 21.6. The molecule has 0 radical (unpaired) electrons. The molecule has 0 bridgehead atoms. The van der Waals surface area contributed by atoms with Crippen molar-refractivity contribution >= 4 is 17.3 Å². The van der Waals surface area contributed by atoms with E-state index in [4.69, 9.17) is 0 Å². The van der Waals surface area contributed by atoms with Crippen LogP contribution in [0.3, 0.4) is 0 Å². The summed E-state index contributed by atoms with van der Waals surface area (Å²) in [7, 11) is 0. The number of anilines is 1. The number of benzene rings is 1. The van der Waals surface area contributed by atoms with Crippen LogP contribution in [0.15, 0.2) is 48.8 Å². The molecule has 1 aliphatic heterocycles. The van der Waals surface area contributed by atoms with Gasteiger partial charge in [-0.1, -0.05) is 31.2 Å². The maximum Gasteiger partial charge on any atom is 0.444 e. The fourth-order valence-electron chi connectivity index (χ4n) is 4.24. The van der Waals surface area contributed by atoms with Crippen molar-refractivity contribution in [2.24, 2.45) is 0 Å². The molecular weight excluding hydrogens is 397 g/mol. The molecule has 3 heterocycles. The molecule has 31 heavy (non-hydrogen) atoms. The van der Waals surface area contributed by atoms with Crippen molar-refractivity contribution < 1.29 is 14.3 Å². The highest BCUT2D eigenvalue weighted by Gasteiger charge is 2.19. The Morgan fingerprint density at radius 2 is 1.94 bits per heavy atom. The zero-order valence-electron chi connectivity index (χ0n) is 17.7. The lowest BCUT2D eigenvalue weighted by atomic mass is 9.88. The van der Waals surface area contributed by atoms with E-state index in [-0.39, 0.29) is 6.54 Å². The van der Waals surface area contributed by atoms with Crippen LogP contribution >= 0.6 is 0 Å². The largest absolute Gasteiger partial charge is 0.444 e. The summed E-state index contributed by atoms with van der Waals surface area (Å²) in [5.74, 6) is 0.644. The van der Waals surface area contributed by atoms with Gasteiger partial charge in [-0.3, -0.25) is 0 Å². The van der Waals surface area contributed by atoms with E-state index in [0.29, 0.717) is 12.5 Å². The minimum atomic E-state index is -1.09. The van der Waals surface area contributed by atoms with E-state index in [1.165, 1.54) is 31.5 Å². The highest BCUT2D eigenvalue weighted by Crippen LogP contribution is 2.31. The first kappa shape index (κ1) is 21.1. The Kier molecular flexibility index (Phi) is 6.66. The van der Waals surface area contributed by atoms with E-state index < -0.39 is 6.09 Å². The molecule has 1 aliphatic rings. The monoisotopic (exact) mass is 425 g/mol. The summed E-state index contributed by atoms with van der Waals surface area (Å²) in [4.78, 5) is 16.4. The first-order valence-electron chi connectivity index (χ1n) is 10.8. The van der Waals surface area contributed by atoms with Gasteiger partial charge in [0.25, 0.3) is 0 Å². The lowest BCUT2D eigenvalue weighted by molar-refractivity contribution is -0.0620. The third kappa shape index (κ3) is 4.96. The second-order valence-electron chi connectivity index (χ2n) is 7.85. The van der Waals surface area contributed by atoms with Crippen molar-refractivity contribution in [1.29, 1.82) is 0 Å². The summed E-state index contributed by atoms with van der Waals surface area (Å²) in [5.41, 5.74) is 5.48. The van der Waals surface area contributed by atoms with Crippen LogP contribution in [0, 0.1) is 0 Å². The number of likely N-dealkylation sites (tertiary alicyclic amines) is 1. The van der Waals surface area contributed by atoms with Gasteiger partial charge in [0.15, 0.2) is 0 Å². The quantitative estimate of drug-likeness (QED) is 0.555. The van der Waals surface area contributed by atoms with Crippen molar-refractivity contribution in [1.82, 2.24) is 19.8 Å². The second-order valence-corrected chi connectivity index (χ2v) is 7.85. The highest BCUT2D eigenvalue weighted by molar-refractivity contribution is 5.79. The topological polar surface area (TPSA) is 70.9 Å². The van der Waals surface area contributed by atoms with Crippen LogP contribution < -0.4 is 10.6 Å². The smallest absolute Gasteiger partial charge is 0.381 e. The molecule has 0 aliphatic carbocycles. The predicted molar refractivity (Wildman–Crippen MR) is 119 cm³/mol. The first-order chi connectivity index (χ1) is 15.2. The number of aromatic nitrogens is 2. The Bertz CT molecular complexity index is 1010. The van der Waals surface area contributed by atoms with E-state index >= 15 is 0 Å². The predicted octanol–water partition coefficient (Wildman–Crippen LogP) is 4.22. The number of hydrogen-bond acceptors (Lipinski definition) is 5. The van der Waals surface area contributed by atoms with Gasteiger partial charge in [0.05, 0.1) is 11.2 Å². The van der Waals surface area contributed by atoms with Gasteiger partial charge in [-0.15, -0.1) is 0 Å². The lowest BCUT2D eigenvalue weighted by Gasteiger charge is -2.31. The summed E-state index contributed by atoms with van der Waals surface area (Å²) in [6.45, 7) is 6.40.